The number of benzene rings is 2. The zero-order chi connectivity index (χ0) is 20.2. The summed E-state index contributed by atoms with van der Waals surface area (Å²) in [4.78, 5) is 18.8. The molecule has 1 heterocycles. The van der Waals surface area contributed by atoms with E-state index < -0.39 is 5.60 Å². The maximum Gasteiger partial charge on any atom is 0.373 e. The van der Waals surface area contributed by atoms with Gasteiger partial charge in [0.15, 0.2) is 0 Å². The van der Waals surface area contributed by atoms with Gasteiger partial charge < -0.3 is 10.0 Å². The Kier molecular flexibility index (Phi) is 7.54. The summed E-state index contributed by atoms with van der Waals surface area (Å²) in [6.45, 7) is 7.71. The van der Waals surface area contributed by atoms with Gasteiger partial charge in [-0.1, -0.05) is 74.5 Å². The Morgan fingerprint density at radius 3 is 2.10 bits per heavy atom. The number of carbonyl (C=O) groups excluding carboxylic acids is 2. The predicted octanol–water partition coefficient (Wildman–Crippen LogP) is 4.31. The van der Waals surface area contributed by atoms with Crippen molar-refractivity contribution in [1.82, 2.24) is 4.90 Å². The van der Waals surface area contributed by atoms with Crippen LogP contribution in [-0.2, 0) is 20.6 Å². The highest BCUT2D eigenvalue weighted by Gasteiger charge is 2.51. The first-order valence-corrected chi connectivity index (χ1v) is 9.98. The lowest BCUT2D eigenvalue weighted by Gasteiger charge is -2.39. The number of aryl methyl sites for hydroxylation is 1. The number of piperidine rings is 1. The van der Waals surface area contributed by atoms with Crippen molar-refractivity contribution in [3.63, 3.8) is 0 Å². The molecule has 29 heavy (non-hydrogen) atoms. The van der Waals surface area contributed by atoms with Crippen LogP contribution in [0.15, 0.2) is 54.6 Å². The number of likely N-dealkylation sites (tertiary alicyclic amines) is 1. The molecule has 1 N–H and O–H groups in total. The fourth-order valence-corrected chi connectivity index (χ4v) is 4.46. The van der Waals surface area contributed by atoms with Gasteiger partial charge in [-0.15, -0.1) is 0 Å². The van der Waals surface area contributed by atoms with Crippen LogP contribution in [0.2, 0.25) is 0 Å². The van der Waals surface area contributed by atoms with Gasteiger partial charge in [0, 0.05) is 19.6 Å². The minimum absolute atomic E-state index is 0. The molecule has 2 fully saturated rings. The van der Waals surface area contributed by atoms with Crippen molar-refractivity contribution in [3.05, 3.63) is 71.3 Å². The molecule has 2 atom stereocenters. The zero-order valence-electron chi connectivity index (χ0n) is 16.7. The molecule has 0 spiro atoms. The first-order chi connectivity index (χ1) is 13.4. The minimum atomic E-state index is -0.637. The van der Waals surface area contributed by atoms with Crippen molar-refractivity contribution in [3.8, 4) is 0 Å². The first-order valence-electron chi connectivity index (χ1n) is 9.98. The summed E-state index contributed by atoms with van der Waals surface area (Å²) in [6, 6.07) is 19.3. The van der Waals surface area contributed by atoms with Crippen LogP contribution in [0.5, 0.6) is 0 Å². The summed E-state index contributed by atoms with van der Waals surface area (Å²) in [5, 5.41) is 11.0. The highest BCUT2D eigenvalue weighted by molar-refractivity contribution is 5.34. The first kappa shape index (κ1) is 23.0. The normalized spacial score (nSPS) is 25.0. The molecular formula is C25H33NO3. The Morgan fingerprint density at radius 1 is 1.00 bits per heavy atom. The Morgan fingerprint density at radius 2 is 1.55 bits per heavy atom. The summed E-state index contributed by atoms with van der Waals surface area (Å²) in [5.74, 6) is 0.748. The van der Waals surface area contributed by atoms with Gasteiger partial charge in [-0.25, -0.2) is 0 Å². The predicted molar refractivity (Wildman–Crippen MR) is 114 cm³/mol. The average molecular weight is 396 g/mol. The number of hydrogen-bond donors (Lipinski definition) is 1. The van der Waals surface area contributed by atoms with E-state index in [1.54, 1.807) is 0 Å². The molecule has 2 aromatic carbocycles. The van der Waals surface area contributed by atoms with Gasteiger partial charge in [0.25, 0.3) is 0 Å². The molecule has 0 bridgehead atoms. The van der Waals surface area contributed by atoms with Crippen molar-refractivity contribution in [2.75, 3.05) is 19.6 Å². The molecule has 4 heteroatoms. The summed E-state index contributed by atoms with van der Waals surface area (Å²) in [7, 11) is 0. The van der Waals surface area contributed by atoms with Gasteiger partial charge in [0.05, 0.1) is 5.60 Å². The zero-order valence-corrected chi connectivity index (χ0v) is 16.7. The standard InChI is InChI=1S/C23H29NO.CO2.CH4/c1-18-8-10-19(11-9-18)22(2)16-21(22)17-24-14-12-23(25,13-15-24)20-6-4-3-5-7-20;2-1-3;/h3-11,21,25H,12-17H2,1-2H3;;1H4/t21-,22-;;/m0../s1. The molecule has 4 rings (SSSR count). The van der Waals surface area contributed by atoms with Gasteiger partial charge in [-0.3, -0.25) is 0 Å². The van der Waals surface area contributed by atoms with E-state index in [0.29, 0.717) is 5.41 Å². The number of nitrogens with zero attached hydrogens (tertiary/aromatic N) is 1. The number of hydrogen-bond acceptors (Lipinski definition) is 4. The van der Waals surface area contributed by atoms with Crippen LogP contribution in [0, 0.1) is 12.8 Å². The molecule has 2 aliphatic rings. The maximum absolute atomic E-state index is 11.0. The molecule has 156 valence electrons. The van der Waals surface area contributed by atoms with Crippen molar-refractivity contribution >= 4 is 6.15 Å². The second-order valence-corrected chi connectivity index (χ2v) is 8.47. The molecule has 4 nitrogen and oxygen atoms in total. The molecule has 1 aliphatic heterocycles. The summed E-state index contributed by atoms with van der Waals surface area (Å²) >= 11 is 0. The lowest BCUT2D eigenvalue weighted by atomic mass is 9.84. The Labute approximate surface area is 174 Å². The van der Waals surface area contributed by atoms with Crippen molar-refractivity contribution in [2.24, 2.45) is 5.92 Å². The van der Waals surface area contributed by atoms with Gasteiger partial charge in [0.1, 0.15) is 0 Å². The van der Waals surface area contributed by atoms with Crippen molar-refractivity contribution < 1.29 is 14.7 Å². The summed E-state index contributed by atoms with van der Waals surface area (Å²) < 4.78 is 0. The molecular weight excluding hydrogens is 362 g/mol. The summed E-state index contributed by atoms with van der Waals surface area (Å²) in [6.07, 6.45) is 3.21. The molecule has 2 aromatic rings. The van der Waals surface area contributed by atoms with Gasteiger partial charge in [-0.05, 0) is 48.6 Å². The van der Waals surface area contributed by atoms with Gasteiger partial charge in [0.2, 0.25) is 0 Å². The lowest BCUT2D eigenvalue weighted by molar-refractivity contribution is -0.191. The largest absolute Gasteiger partial charge is 0.385 e. The van der Waals surface area contributed by atoms with Crippen LogP contribution < -0.4 is 0 Å². The minimum Gasteiger partial charge on any atom is -0.385 e. The fourth-order valence-electron chi connectivity index (χ4n) is 4.46. The molecule has 1 saturated carbocycles. The SMILES string of the molecule is C.Cc1ccc([C@]2(C)C[C@H]2CN2CCC(O)(c3ccccc3)CC2)cc1.O=C=O. The van der Waals surface area contributed by atoms with Crippen LogP contribution in [0.3, 0.4) is 0 Å². The Hall–Kier alpha value is -2.26. The highest BCUT2D eigenvalue weighted by Crippen LogP contribution is 2.54. The fraction of sp³-hybridized carbons (Fsp3) is 0.480. The van der Waals surface area contributed by atoms with E-state index >= 15 is 0 Å². The van der Waals surface area contributed by atoms with E-state index in [0.717, 1.165) is 44.0 Å². The number of aliphatic hydroxyl groups is 1. The van der Waals surface area contributed by atoms with E-state index in [4.69, 9.17) is 9.59 Å². The van der Waals surface area contributed by atoms with Crippen molar-refractivity contribution in [1.29, 1.82) is 0 Å². The van der Waals surface area contributed by atoms with E-state index in [1.807, 2.05) is 18.2 Å². The van der Waals surface area contributed by atoms with Crippen LogP contribution in [0.4, 0.5) is 0 Å². The molecule has 1 saturated heterocycles. The molecule has 0 unspecified atom stereocenters. The molecule has 0 amide bonds. The van der Waals surface area contributed by atoms with Crippen LogP contribution in [0.1, 0.15) is 50.3 Å². The topological polar surface area (TPSA) is 57.6 Å². The molecule has 0 radical (unpaired) electrons. The Bertz CT molecular complexity index is 804. The van der Waals surface area contributed by atoms with Gasteiger partial charge >= 0.3 is 6.15 Å². The Balaban J connectivity index is 0.000000708. The van der Waals surface area contributed by atoms with Crippen molar-refractivity contribution in [2.45, 2.75) is 51.6 Å². The van der Waals surface area contributed by atoms with Crippen LogP contribution in [0.25, 0.3) is 0 Å². The third-order valence-corrected chi connectivity index (χ3v) is 6.60. The highest BCUT2D eigenvalue weighted by atomic mass is 16.3. The second-order valence-electron chi connectivity index (χ2n) is 8.47. The van der Waals surface area contributed by atoms with Crippen LogP contribution in [-0.4, -0.2) is 35.8 Å². The summed E-state index contributed by atoms with van der Waals surface area (Å²) in [5.41, 5.74) is 3.61. The monoisotopic (exact) mass is 395 g/mol. The maximum atomic E-state index is 11.0. The second kappa shape index (κ2) is 9.49. The van der Waals surface area contributed by atoms with E-state index in [9.17, 15) is 5.11 Å². The average Bonchev–Trinajstić information content (AvgIpc) is 3.36. The van der Waals surface area contributed by atoms with Crippen LogP contribution >= 0.6 is 0 Å². The number of rotatable bonds is 4. The quantitative estimate of drug-likeness (QED) is 0.838. The third-order valence-electron chi connectivity index (χ3n) is 6.60. The van der Waals surface area contributed by atoms with Gasteiger partial charge in [-0.2, -0.15) is 9.59 Å². The lowest BCUT2D eigenvalue weighted by Crippen LogP contribution is -2.43. The molecule has 0 aromatic heterocycles. The van der Waals surface area contributed by atoms with E-state index in [-0.39, 0.29) is 13.6 Å². The third kappa shape index (κ3) is 5.22. The van der Waals surface area contributed by atoms with E-state index in [2.05, 4.69) is 55.1 Å². The molecule has 1 aliphatic carbocycles. The smallest absolute Gasteiger partial charge is 0.373 e. The van der Waals surface area contributed by atoms with E-state index in [1.165, 1.54) is 17.5 Å².